The molecule has 0 aliphatic rings. The van der Waals surface area contributed by atoms with Crippen LogP contribution in [0.1, 0.15) is 5.56 Å². The van der Waals surface area contributed by atoms with Crippen molar-refractivity contribution >= 4 is 17.2 Å². The van der Waals surface area contributed by atoms with Crippen molar-refractivity contribution in [3.8, 4) is 11.1 Å². The summed E-state index contributed by atoms with van der Waals surface area (Å²) in [6.07, 6.45) is 1.66. The molecule has 0 radical (unpaired) electrons. The summed E-state index contributed by atoms with van der Waals surface area (Å²) in [6.45, 7) is 2.06. The van der Waals surface area contributed by atoms with Crippen LogP contribution in [-0.4, -0.2) is 10.2 Å². The van der Waals surface area contributed by atoms with Crippen LogP contribution in [0.15, 0.2) is 23.0 Å². The fourth-order valence-electron chi connectivity index (χ4n) is 1.21. The van der Waals surface area contributed by atoms with E-state index in [0.29, 0.717) is 5.82 Å². The Morgan fingerprint density at radius 1 is 1.31 bits per heavy atom. The number of thiophene rings is 1. The van der Waals surface area contributed by atoms with Crippen LogP contribution >= 0.6 is 11.3 Å². The molecular weight excluding hydrogens is 182 g/mol. The van der Waals surface area contributed by atoms with Crippen LogP contribution in [0.5, 0.6) is 0 Å². The summed E-state index contributed by atoms with van der Waals surface area (Å²) in [5.74, 6) is 0.490. The minimum absolute atomic E-state index is 0.490. The van der Waals surface area contributed by atoms with Crippen LogP contribution in [0, 0.1) is 6.92 Å². The van der Waals surface area contributed by atoms with Gasteiger partial charge in [0.1, 0.15) is 0 Å². The van der Waals surface area contributed by atoms with E-state index in [1.807, 2.05) is 6.07 Å². The van der Waals surface area contributed by atoms with E-state index in [9.17, 15) is 0 Å². The number of anilines is 1. The topological polar surface area (TPSA) is 51.8 Å². The van der Waals surface area contributed by atoms with Gasteiger partial charge in [-0.3, -0.25) is 0 Å². The van der Waals surface area contributed by atoms with E-state index in [1.165, 1.54) is 5.56 Å². The third kappa shape index (κ3) is 1.40. The third-order valence-electron chi connectivity index (χ3n) is 1.90. The molecule has 0 bridgehead atoms. The molecule has 3 nitrogen and oxygen atoms in total. The maximum Gasteiger partial charge on any atom is 0.154 e. The van der Waals surface area contributed by atoms with Gasteiger partial charge in [-0.2, -0.15) is 16.4 Å². The van der Waals surface area contributed by atoms with Crippen LogP contribution < -0.4 is 5.73 Å². The highest BCUT2D eigenvalue weighted by atomic mass is 32.1. The van der Waals surface area contributed by atoms with Crippen molar-refractivity contribution in [1.82, 2.24) is 10.2 Å². The van der Waals surface area contributed by atoms with Crippen LogP contribution in [0.25, 0.3) is 11.1 Å². The van der Waals surface area contributed by atoms with Gasteiger partial charge in [-0.1, -0.05) is 0 Å². The van der Waals surface area contributed by atoms with Crippen molar-refractivity contribution in [3.05, 3.63) is 28.6 Å². The summed E-state index contributed by atoms with van der Waals surface area (Å²) in [7, 11) is 0. The normalized spacial score (nSPS) is 10.2. The summed E-state index contributed by atoms with van der Waals surface area (Å²) >= 11 is 1.67. The van der Waals surface area contributed by atoms with Crippen molar-refractivity contribution in [2.24, 2.45) is 0 Å². The Kier molecular flexibility index (Phi) is 1.98. The first-order chi connectivity index (χ1) is 6.29. The number of hydrogen-bond donors (Lipinski definition) is 1. The Morgan fingerprint density at radius 3 is 2.77 bits per heavy atom. The maximum atomic E-state index is 5.71. The first-order valence-electron chi connectivity index (χ1n) is 3.89. The quantitative estimate of drug-likeness (QED) is 0.751. The van der Waals surface area contributed by atoms with Crippen molar-refractivity contribution in [3.63, 3.8) is 0 Å². The molecule has 4 heteroatoms. The van der Waals surface area contributed by atoms with Gasteiger partial charge in [0.25, 0.3) is 0 Å². The second kappa shape index (κ2) is 3.14. The second-order valence-corrected chi connectivity index (χ2v) is 3.54. The summed E-state index contributed by atoms with van der Waals surface area (Å²) in [6, 6.07) is 1.89. The zero-order chi connectivity index (χ0) is 9.26. The molecule has 13 heavy (non-hydrogen) atoms. The van der Waals surface area contributed by atoms with Crippen molar-refractivity contribution in [2.45, 2.75) is 6.92 Å². The minimum atomic E-state index is 0.490. The molecule has 2 aromatic rings. The lowest BCUT2D eigenvalue weighted by molar-refractivity contribution is 1.04. The summed E-state index contributed by atoms with van der Waals surface area (Å²) < 4.78 is 0. The zero-order valence-electron chi connectivity index (χ0n) is 7.19. The molecule has 2 heterocycles. The van der Waals surface area contributed by atoms with E-state index in [0.717, 1.165) is 11.1 Å². The largest absolute Gasteiger partial charge is 0.382 e. The van der Waals surface area contributed by atoms with E-state index in [4.69, 9.17) is 5.73 Å². The van der Waals surface area contributed by atoms with Gasteiger partial charge in [-0.25, -0.2) is 0 Å². The highest BCUT2D eigenvalue weighted by Crippen LogP contribution is 2.29. The first kappa shape index (κ1) is 8.19. The second-order valence-electron chi connectivity index (χ2n) is 2.80. The van der Waals surface area contributed by atoms with E-state index in [-0.39, 0.29) is 0 Å². The molecule has 2 rings (SSSR count). The lowest BCUT2D eigenvalue weighted by Crippen LogP contribution is -1.95. The highest BCUT2D eigenvalue weighted by molar-refractivity contribution is 7.08. The number of nitrogens with two attached hydrogens (primary N) is 1. The molecule has 0 aliphatic carbocycles. The van der Waals surface area contributed by atoms with Gasteiger partial charge >= 0.3 is 0 Å². The van der Waals surface area contributed by atoms with Crippen molar-refractivity contribution in [2.75, 3.05) is 5.73 Å². The lowest BCUT2D eigenvalue weighted by Gasteiger charge is -2.01. The Hall–Kier alpha value is -1.42. The average molecular weight is 191 g/mol. The fourth-order valence-corrected chi connectivity index (χ4v) is 2.05. The van der Waals surface area contributed by atoms with Gasteiger partial charge in [-0.15, -0.1) is 5.10 Å². The van der Waals surface area contributed by atoms with Gasteiger partial charge in [0.05, 0.1) is 6.20 Å². The fraction of sp³-hybridized carbons (Fsp3) is 0.111. The number of nitrogen functional groups attached to an aromatic ring is 1. The van der Waals surface area contributed by atoms with Gasteiger partial charge in [0, 0.05) is 5.56 Å². The summed E-state index contributed by atoms with van der Waals surface area (Å²) in [5.41, 5.74) is 9.06. The molecule has 0 aliphatic heterocycles. The molecule has 2 aromatic heterocycles. The zero-order valence-corrected chi connectivity index (χ0v) is 8.01. The molecule has 0 saturated carbocycles. The highest BCUT2D eigenvalue weighted by Gasteiger charge is 2.06. The van der Waals surface area contributed by atoms with E-state index >= 15 is 0 Å². The molecule has 0 fully saturated rings. The van der Waals surface area contributed by atoms with Gasteiger partial charge in [0.2, 0.25) is 0 Å². The Morgan fingerprint density at radius 2 is 2.15 bits per heavy atom. The van der Waals surface area contributed by atoms with Crippen LogP contribution in [-0.2, 0) is 0 Å². The van der Waals surface area contributed by atoms with E-state index in [2.05, 4.69) is 27.9 Å². The Bertz CT molecular complexity index is 422. The molecule has 0 unspecified atom stereocenters. The smallest absolute Gasteiger partial charge is 0.154 e. The van der Waals surface area contributed by atoms with Crippen molar-refractivity contribution in [1.29, 1.82) is 0 Å². The Balaban J connectivity index is 2.59. The molecule has 0 spiro atoms. The predicted molar refractivity (Wildman–Crippen MR) is 54.5 cm³/mol. The SMILES string of the molecule is Cc1cscc1-c1ccnnc1N. The summed E-state index contributed by atoms with van der Waals surface area (Å²) in [5, 5.41) is 11.7. The lowest BCUT2D eigenvalue weighted by atomic mass is 10.1. The predicted octanol–water partition coefficient (Wildman–Crippen LogP) is 2.10. The Labute approximate surface area is 80.2 Å². The first-order valence-corrected chi connectivity index (χ1v) is 4.83. The molecular formula is C9H9N3S. The molecule has 0 saturated heterocycles. The van der Waals surface area contributed by atoms with Crippen LogP contribution in [0.3, 0.4) is 0 Å². The molecule has 2 N–H and O–H groups in total. The van der Waals surface area contributed by atoms with Gasteiger partial charge < -0.3 is 5.73 Å². The minimum Gasteiger partial charge on any atom is -0.382 e. The standard InChI is InChI=1S/C9H9N3S/c1-6-4-13-5-8(6)7-2-3-11-12-9(7)10/h2-5H,1H3,(H2,10,12). The summed E-state index contributed by atoms with van der Waals surface area (Å²) in [4.78, 5) is 0. The molecule has 0 aromatic carbocycles. The van der Waals surface area contributed by atoms with Crippen molar-refractivity contribution < 1.29 is 0 Å². The van der Waals surface area contributed by atoms with Gasteiger partial charge in [-0.05, 0) is 34.9 Å². The van der Waals surface area contributed by atoms with Crippen LogP contribution in [0.4, 0.5) is 5.82 Å². The number of hydrogen-bond acceptors (Lipinski definition) is 4. The van der Waals surface area contributed by atoms with Crippen LogP contribution in [0.2, 0.25) is 0 Å². The molecule has 0 atom stereocenters. The maximum absolute atomic E-state index is 5.71. The number of aromatic nitrogens is 2. The van der Waals surface area contributed by atoms with E-state index < -0.39 is 0 Å². The molecule has 66 valence electrons. The third-order valence-corrected chi connectivity index (χ3v) is 2.76. The number of aryl methyl sites for hydroxylation is 1. The van der Waals surface area contributed by atoms with E-state index in [1.54, 1.807) is 17.5 Å². The number of nitrogens with zero attached hydrogens (tertiary/aromatic N) is 2. The van der Waals surface area contributed by atoms with Gasteiger partial charge in [0.15, 0.2) is 5.82 Å². The number of rotatable bonds is 1. The molecule has 0 amide bonds. The average Bonchev–Trinajstić information content (AvgIpc) is 2.52. The monoisotopic (exact) mass is 191 g/mol.